The van der Waals surface area contributed by atoms with E-state index >= 15 is 0 Å². The molecule has 0 aliphatic carbocycles. The van der Waals surface area contributed by atoms with E-state index in [0.717, 1.165) is 5.56 Å². The maximum atomic E-state index is 13.5. The number of hydrogen-bond donors (Lipinski definition) is 1. The van der Waals surface area contributed by atoms with E-state index in [-0.39, 0.29) is 11.3 Å². The molecular weight excluding hydrogens is 447 g/mol. The van der Waals surface area contributed by atoms with Gasteiger partial charge in [-0.1, -0.05) is 41.4 Å². The number of aryl methyl sites for hydroxylation is 2. The van der Waals surface area contributed by atoms with Crippen molar-refractivity contribution in [2.24, 2.45) is 0 Å². The van der Waals surface area contributed by atoms with E-state index in [0.29, 0.717) is 38.3 Å². The van der Waals surface area contributed by atoms with Crippen LogP contribution in [0.1, 0.15) is 16.7 Å². The lowest BCUT2D eigenvalue weighted by molar-refractivity contribution is -0.120. The molecule has 1 heterocycles. The van der Waals surface area contributed by atoms with Crippen molar-refractivity contribution in [2.45, 2.75) is 13.8 Å². The molecule has 1 aliphatic rings. The molecule has 0 radical (unpaired) electrons. The van der Waals surface area contributed by atoms with Gasteiger partial charge >= 0.3 is 0 Å². The summed E-state index contributed by atoms with van der Waals surface area (Å²) < 4.78 is 5.22. The first kappa shape index (κ1) is 21.9. The number of carbonyl (C=O) groups excluding carboxylic acids is 2. The van der Waals surface area contributed by atoms with Gasteiger partial charge < -0.3 is 10.1 Å². The summed E-state index contributed by atoms with van der Waals surface area (Å²) in [5.41, 5.74) is 3.76. The Kier molecular flexibility index (Phi) is 5.96. The first-order chi connectivity index (χ1) is 15.3. The molecule has 1 N–H and O–H groups in total. The lowest BCUT2D eigenvalue weighted by atomic mass is 10.0. The van der Waals surface area contributed by atoms with Gasteiger partial charge in [0, 0.05) is 15.7 Å². The number of halogens is 2. The van der Waals surface area contributed by atoms with Crippen LogP contribution in [0.25, 0.3) is 5.57 Å². The Morgan fingerprint density at radius 2 is 1.56 bits per heavy atom. The minimum absolute atomic E-state index is 0.175. The van der Waals surface area contributed by atoms with Gasteiger partial charge in [0.1, 0.15) is 11.4 Å². The van der Waals surface area contributed by atoms with Crippen LogP contribution in [0.5, 0.6) is 5.75 Å². The fourth-order valence-corrected chi connectivity index (χ4v) is 3.98. The van der Waals surface area contributed by atoms with Crippen molar-refractivity contribution in [3.05, 3.63) is 93.1 Å². The second-order valence-electron chi connectivity index (χ2n) is 7.44. The van der Waals surface area contributed by atoms with Gasteiger partial charge in [0.05, 0.1) is 18.4 Å². The topological polar surface area (TPSA) is 58.6 Å². The Morgan fingerprint density at radius 3 is 2.19 bits per heavy atom. The van der Waals surface area contributed by atoms with Crippen LogP contribution >= 0.6 is 23.2 Å². The van der Waals surface area contributed by atoms with E-state index in [4.69, 9.17) is 27.9 Å². The molecular formula is C25H20Cl2N2O3. The largest absolute Gasteiger partial charge is 0.497 e. The highest BCUT2D eigenvalue weighted by atomic mass is 35.5. The van der Waals surface area contributed by atoms with Crippen LogP contribution < -0.4 is 15.0 Å². The highest BCUT2D eigenvalue weighted by molar-refractivity contribution is 6.46. The zero-order chi connectivity index (χ0) is 23.0. The maximum absolute atomic E-state index is 13.5. The second-order valence-corrected chi connectivity index (χ2v) is 8.29. The maximum Gasteiger partial charge on any atom is 0.282 e. The Bertz CT molecular complexity index is 1270. The van der Waals surface area contributed by atoms with Crippen LogP contribution in [0, 0.1) is 13.8 Å². The van der Waals surface area contributed by atoms with Crippen molar-refractivity contribution >= 4 is 52.0 Å². The van der Waals surface area contributed by atoms with Gasteiger partial charge in [0.2, 0.25) is 0 Å². The number of nitrogens with zero attached hydrogens (tertiary/aromatic N) is 1. The Balaban J connectivity index is 1.83. The predicted molar refractivity (Wildman–Crippen MR) is 128 cm³/mol. The fraction of sp³-hybridized carbons (Fsp3) is 0.120. The Labute approximate surface area is 196 Å². The number of ether oxygens (including phenoxy) is 1. The number of hydrogen-bond acceptors (Lipinski definition) is 4. The molecule has 162 valence electrons. The van der Waals surface area contributed by atoms with Crippen molar-refractivity contribution in [1.29, 1.82) is 0 Å². The number of nitrogens with one attached hydrogen (secondary N) is 1. The summed E-state index contributed by atoms with van der Waals surface area (Å²) in [4.78, 5) is 28.2. The summed E-state index contributed by atoms with van der Waals surface area (Å²) in [5, 5.41) is 4.21. The molecule has 5 nitrogen and oxygen atoms in total. The normalized spacial score (nSPS) is 13.7. The quantitative estimate of drug-likeness (QED) is 0.467. The molecule has 0 spiro atoms. The standard InChI is InChI=1S/C25H20Cl2N2O3/c1-14-4-8-18(13-20(14)27)28-23-22(16-5-9-19(32-3)10-6-16)24(30)29(25(23)31)21-11-7-17(26)12-15(21)2/h4-13,28H,1-3H3. The number of methoxy groups -OCH3 is 1. The van der Waals surface area contributed by atoms with E-state index in [1.165, 1.54) is 4.90 Å². The van der Waals surface area contributed by atoms with E-state index in [1.807, 2.05) is 19.1 Å². The molecule has 3 aromatic carbocycles. The highest BCUT2D eigenvalue weighted by Crippen LogP contribution is 2.36. The summed E-state index contributed by atoms with van der Waals surface area (Å²) in [5.74, 6) is -0.231. The third-order valence-electron chi connectivity index (χ3n) is 5.30. The number of rotatable bonds is 5. The third kappa shape index (κ3) is 3.97. The van der Waals surface area contributed by atoms with Crippen LogP contribution in [0.4, 0.5) is 11.4 Å². The molecule has 0 saturated carbocycles. The summed E-state index contributed by atoms with van der Waals surface area (Å²) >= 11 is 12.3. The van der Waals surface area contributed by atoms with Gasteiger partial charge in [-0.25, -0.2) is 4.90 Å². The average molecular weight is 467 g/mol. The molecule has 0 saturated heterocycles. The smallest absolute Gasteiger partial charge is 0.282 e. The molecule has 1 aliphatic heterocycles. The summed E-state index contributed by atoms with van der Waals surface area (Å²) in [7, 11) is 1.57. The van der Waals surface area contributed by atoms with Gasteiger partial charge in [-0.3, -0.25) is 9.59 Å². The molecule has 0 fully saturated rings. The van der Waals surface area contributed by atoms with Gasteiger partial charge in [-0.15, -0.1) is 0 Å². The first-order valence-electron chi connectivity index (χ1n) is 9.87. The molecule has 0 atom stereocenters. The third-order valence-corrected chi connectivity index (χ3v) is 5.95. The summed E-state index contributed by atoms with van der Waals surface area (Å²) in [6.07, 6.45) is 0. The zero-order valence-electron chi connectivity index (χ0n) is 17.7. The van der Waals surface area contributed by atoms with Crippen molar-refractivity contribution in [3.8, 4) is 5.75 Å². The Hall–Kier alpha value is -3.28. The molecule has 3 aromatic rings. The van der Waals surface area contributed by atoms with Crippen LogP contribution in [0.15, 0.2) is 66.4 Å². The van der Waals surface area contributed by atoms with Crippen LogP contribution in [0.2, 0.25) is 10.0 Å². The lowest BCUT2D eigenvalue weighted by Crippen LogP contribution is -2.33. The number of imide groups is 1. The monoisotopic (exact) mass is 466 g/mol. The first-order valence-corrected chi connectivity index (χ1v) is 10.6. The predicted octanol–water partition coefficient (Wildman–Crippen LogP) is 6.02. The van der Waals surface area contributed by atoms with Gasteiger partial charge in [0.25, 0.3) is 11.8 Å². The fourth-order valence-electron chi connectivity index (χ4n) is 3.57. The Morgan fingerprint density at radius 1 is 0.844 bits per heavy atom. The molecule has 0 aromatic heterocycles. The van der Waals surface area contributed by atoms with E-state index < -0.39 is 11.8 Å². The highest BCUT2D eigenvalue weighted by Gasteiger charge is 2.40. The van der Waals surface area contributed by atoms with Crippen LogP contribution in [-0.2, 0) is 9.59 Å². The van der Waals surface area contributed by atoms with Crippen molar-refractivity contribution in [2.75, 3.05) is 17.3 Å². The van der Waals surface area contributed by atoms with Crippen LogP contribution in [0.3, 0.4) is 0 Å². The van der Waals surface area contributed by atoms with Gasteiger partial charge in [-0.2, -0.15) is 0 Å². The minimum atomic E-state index is -0.456. The molecule has 0 unspecified atom stereocenters. The summed E-state index contributed by atoms with van der Waals surface area (Å²) in [6, 6.07) is 17.4. The van der Waals surface area contributed by atoms with E-state index in [2.05, 4.69) is 5.32 Å². The lowest BCUT2D eigenvalue weighted by Gasteiger charge is -2.18. The molecule has 32 heavy (non-hydrogen) atoms. The number of carbonyl (C=O) groups is 2. The second kappa shape index (κ2) is 8.69. The average Bonchev–Trinajstić information content (AvgIpc) is 3.00. The molecule has 4 rings (SSSR count). The van der Waals surface area contributed by atoms with Gasteiger partial charge in [0.15, 0.2) is 0 Å². The summed E-state index contributed by atoms with van der Waals surface area (Å²) in [6.45, 7) is 3.70. The molecule has 2 amide bonds. The van der Waals surface area contributed by atoms with Crippen molar-refractivity contribution in [3.63, 3.8) is 0 Å². The SMILES string of the molecule is COc1ccc(C2=C(Nc3ccc(C)c(Cl)c3)C(=O)N(c3ccc(Cl)cc3C)C2=O)cc1. The number of anilines is 2. The van der Waals surface area contributed by atoms with Gasteiger partial charge in [-0.05, 0) is 73.0 Å². The number of benzene rings is 3. The molecule has 0 bridgehead atoms. The van der Waals surface area contributed by atoms with Crippen LogP contribution in [-0.4, -0.2) is 18.9 Å². The van der Waals surface area contributed by atoms with Crippen molar-refractivity contribution < 1.29 is 14.3 Å². The molecule has 7 heteroatoms. The van der Waals surface area contributed by atoms with Crippen molar-refractivity contribution in [1.82, 2.24) is 0 Å². The number of amides is 2. The van der Waals surface area contributed by atoms with E-state index in [1.54, 1.807) is 62.6 Å². The zero-order valence-corrected chi connectivity index (χ0v) is 19.2. The van der Waals surface area contributed by atoms with E-state index in [9.17, 15) is 9.59 Å². The minimum Gasteiger partial charge on any atom is -0.497 e.